The van der Waals surface area contributed by atoms with Crippen LogP contribution >= 0.6 is 15.6 Å². The minimum atomic E-state index is -4.95. The van der Waals surface area contributed by atoms with Gasteiger partial charge in [0.2, 0.25) is 0 Å². The van der Waals surface area contributed by atoms with Crippen molar-refractivity contribution < 1.29 is 80.2 Å². The number of unbranched alkanes of at least 4 members (excludes halogenated alkanes) is 42. The second-order valence-corrected chi connectivity index (χ2v) is 28.8. The van der Waals surface area contributed by atoms with Crippen molar-refractivity contribution in [1.82, 2.24) is 0 Å². The Morgan fingerprint density at radius 3 is 0.789 bits per heavy atom. The maximum Gasteiger partial charge on any atom is 0.472 e. The van der Waals surface area contributed by atoms with E-state index in [4.69, 9.17) is 37.0 Å². The van der Waals surface area contributed by atoms with Crippen LogP contribution in [0.1, 0.15) is 369 Å². The Morgan fingerprint density at radius 2 is 0.533 bits per heavy atom. The highest BCUT2D eigenvalue weighted by molar-refractivity contribution is 7.47. The van der Waals surface area contributed by atoms with Crippen molar-refractivity contribution in [3.05, 3.63) is 0 Å². The molecule has 0 aromatic rings. The number of esters is 4. The molecule has 0 rings (SSSR count). The van der Waals surface area contributed by atoms with Crippen LogP contribution < -0.4 is 0 Å². The molecule has 0 fully saturated rings. The monoisotopic (exact) mass is 1320 g/mol. The first-order valence-corrected chi connectivity index (χ1v) is 40.2. The molecule has 0 aliphatic heterocycles. The van der Waals surface area contributed by atoms with Gasteiger partial charge in [-0.25, -0.2) is 9.13 Å². The van der Waals surface area contributed by atoms with Crippen LogP contribution in [-0.2, 0) is 65.4 Å². The first-order chi connectivity index (χ1) is 43.6. The van der Waals surface area contributed by atoms with Gasteiger partial charge in [-0.3, -0.25) is 37.3 Å². The minimum absolute atomic E-state index is 0.105. The average Bonchev–Trinajstić information content (AvgIpc) is 3.71. The molecule has 0 saturated heterocycles. The lowest BCUT2D eigenvalue weighted by Gasteiger charge is -2.21. The third kappa shape index (κ3) is 63.5. The van der Waals surface area contributed by atoms with Gasteiger partial charge in [0.05, 0.1) is 26.4 Å². The van der Waals surface area contributed by atoms with E-state index in [2.05, 4.69) is 34.6 Å². The normalized spacial score (nSPS) is 14.4. The van der Waals surface area contributed by atoms with Crippen molar-refractivity contribution in [2.24, 2.45) is 5.92 Å². The molecular formula is C71H138O17P2. The summed E-state index contributed by atoms with van der Waals surface area (Å²) < 4.78 is 68.1. The largest absolute Gasteiger partial charge is 0.472 e. The average molecular weight is 1330 g/mol. The molecule has 0 saturated carbocycles. The molecule has 6 atom stereocenters. The number of aliphatic hydroxyl groups excluding tert-OH is 1. The summed E-state index contributed by atoms with van der Waals surface area (Å²) in [7, 11) is -9.89. The second kappa shape index (κ2) is 64.4. The molecule has 0 aromatic carbocycles. The van der Waals surface area contributed by atoms with Gasteiger partial charge in [0, 0.05) is 25.7 Å². The highest BCUT2D eigenvalue weighted by atomic mass is 31.2. The second-order valence-electron chi connectivity index (χ2n) is 25.9. The van der Waals surface area contributed by atoms with Crippen LogP contribution in [-0.4, -0.2) is 96.7 Å². The van der Waals surface area contributed by atoms with E-state index < -0.39 is 97.5 Å². The zero-order chi connectivity index (χ0) is 66.3. The number of aliphatic hydroxyl groups is 1. The van der Waals surface area contributed by atoms with E-state index in [9.17, 15) is 43.2 Å². The van der Waals surface area contributed by atoms with Crippen molar-refractivity contribution in [2.45, 2.75) is 387 Å². The van der Waals surface area contributed by atoms with Gasteiger partial charge in [0.1, 0.15) is 19.3 Å². The van der Waals surface area contributed by atoms with Crippen LogP contribution in [0.2, 0.25) is 0 Å². The van der Waals surface area contributed by atoms with E-state index in [1.165, 1.54) is 173 Å². The van der Waals surface area contributed by atoms with Crippen molar-refractivity contribution in [3.63, 3.8) is 0 Å². The van der Waals surface area contributed by atoms with E-state index in [0.717, 1.165) is 115 Å². The number of rotatable bonds is 71. The molecule has 0 spiro atoms. The van der Waals surface area contributed by atoms with E-state index in [0.29, 0.717) is 25.7 Å². The first-order valence-electron chi connectivity index (χ1n) is 37.2. The van der Waals surface area contributed by atoms with Gasteiger partial charge in [-0.1, -0.05) is 317 Å². The Hall–Kier alpha value is -1.94. The highest BCUT2D eigenvalue weighted by Crippen LogP contribution is 2.45. The molecule has 0 bridgehead atoms. The fraction of sp³-hybridized carbons (Fsp3) is 0.944. The fourth-order valence-electron chi connectivity index (χ4n) is 10.8. The van der Waals surface area contributed by atoms with Gasteiger partial charge < -0.3 is 33.8 Å². The van der Waals surface area contributed by atoms with Gasteiger partial charge in [0.15, 0.2) is 12.2 Å². The number of hydrogen-bond acceptors (Lipinski definition) is 15. The van der Waals surface area contributed by atoms with Crippen LogP contribution in [0.15, 0.2) is 0 Å². The number of ether oxygens (including phenoxy) is 4. The Labute approximate surface area is 549 Å². The van der Waals surface area contributed by atoms with Crippen LogP contribution in [0.3, 0.4) is 0 Å². The third-order valence-corrected chi connectivity index (χ3v) is 18.8. The number of phosphoric ester groups is 2. The molecule has 0 aromatic heterocycles. The standard InChI is InChI=1S/C71H138O17P2/c1-6-10-13-16-19-21-22-23-24-25-26-27-28-29-30-31-32-37-42-47-52-57-71(76)88-67(61-82-69(74)55-50-45-41-36-34-33-35-39-43-48-53-64(5)9-4)63-86-90(79,80)84-59-65(72)58-83-89(77,78)85-62-66(60-81-68(73)54-49-44-38-18-15-12-8-3)87-70(75)56-51-46-40-20-17-14-11-7-2/h64-67,72H,6-63H2,1-5H3,(H,77,78)(H,79,80)/t64?,65-,66+,67+/m0/s1. The Bertz CT molecular complexity index is 1740. The maximum atomic E-state index is 13.0. The number of hydrogen-bond donors (Lipinski definition) is 3. The molecule has 19 heteroatoms. The van der Waals surface area contributed by atoms with Gasteiger partial charge in [-0.2, -0.15) is 0 Å². The van der Waals surface area contributed by atoms with Crippen LogP contribution in [0, 0.1) is 5.92 Å². The Kier molecular flexibility index (Phi) is 63.0. The first kappa shape index (κ1) is 88.1. The van der Waals surface area contributed by atoms with Gasteiger partial charge >= 0.3 is 39.5 Å². The molecule has 90 heavy (non-hydrogen) atoms. The summed E-state index contributed by atoms with van der Waals surface area (Å²) >= 11 is 0. The molecule has 0 aliphatic rings. The summed E-state index contributed by atoms with van der Waals surface area (Å²) in [6.45, 7) is 7.21. The van der Waals surface area contributed by atoms with Crippen LogP contribution in [0.5, 0.6) is 0 Å². The van der Waals surface area contributed by atoms with Gasteiger partial charge in [-0.15, -0.1) is 0 Å². The summed E-state index contributed by atoms with van der Waals surface area (Å²) in [5, 5.41) is 10.6. The Morgan fingerprint density at radius 1 is 0.311 bits per heavy atom. The quantitative estimate of drug-likeness (QED) is 0.0222. The molecular weight excluding hydrogens is 1190 g/mol. The maximum absolute atomic E-state index is 13.0. The van der Waals surface area contributed by atoms with E-state index in [1.54, 1.807) is 0 Å². The smallest absolute Gasteiger partial charge is 0.462 e. The lowest BCUT2D eigenvalue weighted by Crippen LogP contribution is -2.30. The third-order valence-electron chi connectivity index (χ3n) is 16.9. The van der Waals surface area contributed by atoms with Crippen molar-refractivity contribution >= 4 is 39.5 Å². The van der Waals surface area contributed by atoms with Gasteiger partial charge in [-0.05, 0) is 31.6 Å². The van der Waals surface area contributed by atoms with Gasteiger partial charge in [0.25, 0.3) is 0 Å². The molecule has 0 amide bonds. The van der Waals surface area contributed by atoms with E-state index >= 15 is 0 Å². The predicted octanol–water partition coefficient (Wildman–Crippen LogP) is 20.5. The minimum Gasteiger partial charge on any atom is -0.462 e. The highest BCUT2D eigenvalue weighted by Gasteiger charge is 2.30. The molecule has 3 N–H and O–H groups in total. The summed E-state index contributed by atoms with van der Waals surface area (Å²) in [5.74, 6) is -1.32. The topological polar surface area (TPSA) is 237 Å². The number of carbonyl (C=O) groups excluding carboxylic acids is 4. The van der Waals surface area contributed by atoms with Crippen LogP contribution in [0.25, 0.3) is 0 Å². The molecule has 534 valence electrons. The zero-order valence-electron chi connectivity index (χ0n) is 58.3. The number of carbonyl (C=O) groups is 4. The van der Waals surface area contributed by atoms with Crippen LogP contribution in [0.4, 0.5) is 0 Å². The number of phosphoric acid groups is 2. The summed E-state index contributed by atoms with van der Waals surface area (Å²) in [5.41, 5.74) is 0. The fourth-order valence-corrected chi connectivity index (χ4v) is 12.4. The SMILES string of the molecule is CCCCCCCCCCCCCCCCCCCCCCCC(=O)O[C@H](COC(=O)CCCCCCCCCCCCC(C)CC)COP(=O)(O)OC[C@@H](O)COP(=O)(O)OC[C@@H](COC(=O)CCCCCCCCC)OC(=O)CCCCCCCCCC. The summed E-state index contributed by atoms with van der Waals surface area (Å²) in [6, 6.07) is 0. The lowest BCUT2D eigenvalue weighted by molar-refractivity contribution is -0.161. The lowest BCUT2D eigenvalue weighted by atomic mass is 9.99. The van der Waals surface area contributed by atoms with Crippen molar-refractivity contribution in [3.8, 4) is 0 Å². The predicted molar refractivity (Wildman–Crippen MR) is 363 cm³/mol. The molecule has 17 nitrogen and oxygen atoms in total. The summed E-state index contributed by atoms with van der Waals surface area (Å²) in [4.78, 5) is 72.3. The molecule has 3 unspecified atom stereocenters. The van der Waals surface area contributed by atoms with Crippen molar-refractivity contribution in [1.29, 1.82) is 0 Å². The molecule has 0 heterocycles. The van der Waals surface area contributed by atoms with E-state index in [-0.39, 0.29) is 25.7 Å². The Balaban J connectivity index is 5.13. The molecule has 0 radical (unpaired) electrons. The van der Waals surface area contributed by atoms with E-state index in [1.807, 2.05) is 0 Å². The van der Waals surface area contributed by atoms with Crippen molar-refractivity contribution in [2.75, 3.05) is 39.6 Å². The molecule has 0 aliphatic carbocycles. The summed E-state index contributed by atoms with van der Waals surface area (Å²) in [6.07, 6.45) is 51.7. The zero-order valence-corrected chi connectivity index (χ0v) is 60.1.